The lowest BCUT2D eigenvalue weighted by Crippen LogP contribution is -2.44. The number of hydrogen-bond acceptors (Lipinski definition) is 6. The first kappa shape index (κ1) is 27.1. The first-order chi connectivity index (χ1) is 15.5. The Labute approximate surface area is 213 Å². The van der Waals surface area contributed by atoms with Gasteiger partial charge in [-0.25, -0.2) is 9.98 Å². The lowest BCUT2D eigenvalue weighted by molar-refractivity contribution is -0.127. The molecule has 3 rings (SSSR count). The summed E-state index contributed by atoms with van der Waals surface area (Å²) in [6.07, 6.45) is 2.60. The SMILES string of the molecule is Cc1ccc(-c2nc(CN=C(NCCCN3CCOCC3)NCC(=O)N(C)C)co2)cc1.I. The summed E-state index contributed by atoms with van der Waals surface area (Å²) in [6.45, 7) is 7.89. The van der Waals surface area contributed by atoms with E-state index in [0.29, 0.717) is 18.4 Å². The number of carbonyl (C=O) groups excluding carboxylic acids is 1. The second-order valence-corrected chi connectivity index (χ2v) is 8.05. The molecule has 1 amide bonds. The maximum atomic E-state index is 12.0. The third-order valence-electron chi connectivity index (χ3n) is 5.20. The highest BCUT2D eigenvalue weighted by molar-refractivity contribution is 14.0. The number of aromatic nitrogens is 1. The molecule has 2 heterocycles. The summed E-state index contributed by atoms with van der Waals surface area (Å²) in [5.74, 6) is 1.14. The number of carbonyl (C=O) groups is 1. The molecule has 0 aliphatic carbocycles. The molecule has 0 atom stereocenters. The standard InChI is InChI=1S/C23H34N6O3.HI/c1-18-5-7-19(8-6-18)22-27-20(17-32-22)15-25-23(26-16-21(30)28(2)3)24-9-4-10-29-11-13-31-14-12-29;/h5-8,17H,4,9-16H2,1-3H3,(H2,24,25,26);1H. The zero-order valence-electron chi connectivity index (χ0n) is 19.7. The lowest BCUT2D eigenvalue weighted by Gasteiger charge is -2.26. The number of likely N-dealkylation sites (N-methyl/N-ethyl adjacent to an activating group) is 1. The number of aryl methyl sites for hydroxylation is 1. The van der Waals surface area contributed by atoms with Crippen LogP contribution in [0.3, 0.4) is 0 Å². The van der Waals surface area contributed by atoms with E-state index < -0.39 is 0 Å². The maximum absolute atomic E-state index is 12.0. The number of halogens is 1. The smallest absolute Gasteiger partial charge is 0.241 e. The number of rotatable bonds is 9. The van der Waals surface area contributed by atoms with Crippen molar-refractivity contribution in [2.75, 3.05) is 60.0 Å². The van der Waals surface area contributed by atoms with Crippen molar-refractivity contribution in [2.45, 2.75) is 19.9 Å². The minimum Gasteiger partial charge on any atom is -0.444 e. The molecule has 0 spiro atoms. The summed E-state index contributed by atoms with van der Waals surface area (Å²) in [6, 6.07) is 8.04. The van der Waals surface area contributed by atoms with Gasteiger partial charge >= 0.3 is 0 Å². The molecule has 1 aromatic carbocycles. The molecule has 182 valence electrons. The topological polar surface area (TPSA) is 95.2 Å². The maximum Gasteiger partial charge on any atom is 0.241 e. The molecule has 9 nitrogen and oxygen atoms in total. The quantitative estimate of drug-likeness (QED) is 0.207. The van der Waals surface area contributed by atoms with E-state index in [1.165, 1.54) is 5.56 Å². The number of guanidine groups is 1. The van der Waals surface area contributed by atoms with Gasteiger partial charge in [-0.05, 0) is 32.0 Å². The summed E-state index contributed by atoms with van der Waals surface area (Å²) in [5, 5.41) is 6.43. The predicted molar refractivity (Wildman–Crippen MR) is 140 cm³/mol. The van der Waals surface area contributed by atoms with Crippen LogP contribution in [0.2, 0.25) is 0 Å². The molecule has 0 radical (unpaired) electrons. The Bertz CT molecular complexity index is 879. The summed E-state index contributed by atoms with van der Waals surface area (Å²) >= 11 is 0. The van der Waals surface area contributed by atoms with E-state index in [1.807, 2.05) is 31.2 Å². The Kier molecular flexibility index (Phi) is 11.6. The first-order valence-corrected chi connectivity index (χ1v) is 11.0. The zero-order valence-corrected chi connectivity index (χ0v) is 22.0. The molecule has 0 bridgehead atoms. The summed E-state index contributed by atoms with van der Waals surface area (Å²) < 4.78 is 11.0. The van der Waals surface area contributed by atoms with Crippen LogP contribution in [0.5, 0.6) is 0 Å². The van der Waals surface area contributed by atoms with Gasteiger partial charge in [-0.15, -0.1) is 24.0 Å². The summed E-state index contributed by atoms with van der Waals surface area (Å²) in [5.41, 5.74) is 2.85. The van der Waals surface area contributed by atoms with Crippen molar-refractivity contribution in [1.29, 1.82) is 0 Å². The Hall–Kier alpha value is -2.18. The van der Waals surface area contributed by atoms with Gasteiger partial charge in [-0.1, -0.05) is 17.7 Å². The van der Waals surface area contributed by atoms with Crippen LogP contribution in [0.4, 0.5) is 0 Å². The lowest BCUT2D eigenvalue weighted by atomic mass is 10.1. The van der Waals surface area contributed by atoms with Crippen molar-refractivity contribution in [3.05, 3.63) is 41.8 Å². The molecule has 1 fully saturated rings. The number of ether oxygens (including phenoxy) is 1. The highest BCUT2D eigenvalue weighted by atomic mass is 127. The van der Waals surface area contributed by atoms with Gasteiger partial charge in [0.15, 0.2) is 5.96 Å². The van der Waals surface area contributed by atoms with Gasteiger partial charge in [0.1, 0.15) is 12.0 Å². The Morgan fingerprint density at radius 3 is 2.61 bits per heavy atom. The molecule has 2 N–H and O–H groups in total. The van der Waals surface area contributed by atoms with Crippen molar-refractivity contribution in [3.8, 4) is 11.5 Å². The van der Waals surface area contributed by atoms with Crippen molar-refractivity contribution < 1.29 is 13.9 Å². The average molecular weight is 570 g/mol. The number of morpholine rings is 1. The number of benzene rings is 1. The van der Waals surface area contributed by atoms with E-state index >= 15 is 0 Å². The fourth-order valence-electron chi connectivity index (χ4n) is 3.19. The second kappa shape index (κ2) is 14.2. The number of amides is 1. The van der Waals surface area contributed by atoms with E-state index in [1.54, 1.807) is 25.3 Å². The minimum atomic E-state index is -0.0177. The van der Waals surface area contributed by atoms with Crippen molar-refractivity contribution in [1.82, 2.24) is 25.4 Å². The fourth-order valence-corrected chi connectivity index (χ4v) is 3.19. The highest BCUT2D eigenvalue weighted by Gasteiger charge is 2.11. The zero-order chi connectivity index (χ0) is 22.8. The van der Waals surface area contributed by atoms with Crippen LogP contribution < -0.4 is 10.6 Å². The molecular weight excluding hydrogens is 535 g/mol. The molecule has 33 heavy (non-hydrogen) atoms. The Morgan fingerprint density at radius 2 is 1.91 bits per heavy atom. The van der Waals surface area contributed by atoms with Crippen LogP contribution in [0, 0.1) is 6.92 Å². The van der Waals surface area contributed by atoms with E-state index in [4.69, 9.17) is 9.15 Å². The third kappa shape index (κ3) is 9.30. The molecule has 0 saturated carbocycles. The average Bonchev–Trinajstić information content (AvgIpc) is 3.27. The Balaban J connectivity index is 0.00000385. The van der Waals surface area contributed by atoms with Gasteiger partial charge in [-0.2, -0.15) is 0 Å². The van der Waals surface area contributed by atoms with E-state index in [-0.39, 0.29) is 36.4 Å². The van der Waals surface area contributed by atoms with Crippen molar-refractivity contribution in [2.24, 2.45) is 4.99 Å². The van der Waals surface area contributed by atoms with Crippen LogP contribution in [0.1, 0.15) is 17.7 Å². The number of nitrogens with zero attached hydrogens (tertiary/aromatic N) is 4. The molecule has 1 aliphatic heterocycles. The number of aliphatic imine (C=N–C) groups is 1. The van der Waals surface area contributed by atoms with Gasteiger partial charge in [0, 0.05) is 39.3 Å². The van der Waals surface area contributed by atoms with Crippen LogP contribution in [0.25, 0.3) is 11.5 Å². The number of hydrogen-bond donors (Lipinski definition) is 2. The van der Waals surface area contributed by atoms with E-state index in [2.05, 4.69) is 25.5 Å². The fraction of sp³-hybridized carbons (Fsp3) is 0.522. The molecule has 10 heteroatoms. The predicted octanol–water partition coefficient (Wildman–Crippen LogP) is 2.11. The Morgan fingerprint density at radius 1 is 1.18 bits per heavy atom. The van der Waals surface area contributed by atoms with E-state index in [9.17, 15) is 4.79 Å². The van der Waals surface area contributed by atoms with Crippen LogP contribution in [0.15, 0.2) is 39.9 Å². The van der Waals surface area contributed by atoms with E-state index in [0.717, 1.165) is 57.1 Å². The van der Waals surface area contributed by atoms with Gasteiger partial charge < -0.3 is 24.7 Å². The van der Waals surface area contributed by atoms with Gasteiger partial charge in [0.2, 0.25) is 11.8 Å². The summed E-state index contributed by atoms with van der Waals surface area (Å²) in [7, 11) is 3.47. The monoisotopic (exact) mass is 570 g/mol. The molecular formula is C23H35IN6O3. The van der Waals surface area contributed by atoms with Gasteiger partial charge in [-0.3, -0.25) is 9.69 Å². The van der Waals surface area contributed by atoms with Gasteiger partial charge in [0.25, 0.3) is 0 Å². The van der Waals surface area contributed by atoms with Crippen molar-refractivity contribution in [3.63, 3.8) is 0 Å². The van der Waals surface area contributed by atoms with Crippen LogP contribution >= 0.6 is 24.0 Å². The van der Waals surface area contributed by atoms with Gasteiger partial charge in [0.05, 0.1) is 26.3 Å². The highest BCUT2D eigenvalue weighted by Crippen LogP contribution is 2.19. The van der Waals surface area contributed by atoms with Crippen molar-refractivity contribution >= 4 is 35.8 Å². The largest absolute Gasteiger partial charge is 0.444 e. The summed E-state index contributed by atoms with van der Waals surface area (Å²) in [4.78, 5) is 25.1. The first-order valence-electron chi connectivity index (χ1n) is 11.0. The minimum absolute atomic E-state index is 0. The number of oxazole rings is 1. The normalized spacial score (nSPS) is 14.5. The third-order valence-corrected chi connectivity index (χ3v) is 5.20. The van der Waals surface area contributed by atoms with Crippen LogP contribution in [-0.4, -0.2) is 86.7 Å². The molecule has 1 aromatic heterocycles. The number of nitrogens with one attached hydrogen (secondary N) is 2. The molecule has 1 aliphatic rings. The molecule has 0 unspecified atom stereocenters. The second-order valence-electron chi connectivity index (χ2n) is 8.05. The molecule has 2 aromatic rings. The van der Waals surface area contributed by atoms with Crippen LogP contribution in [-0.2, 0) is 16.1 Å². The molecule has 1 saturated heterocycles.